The van der Waals surface area contributed by atoms with Gasteiger partial charge in [-0.15, -0.1) is 0 Å². The molecule has 3 rings (SSSR count). The normalized spacial score (nSPS) is 57.5. The van der Waals surface area contributed by atoms with Crippen molar-refractivity contribution in [1.82, 2.24) is 0 Å². The summed E-state index contributed by atoms with van der Waals surface area (Å²) in [5, 5.41) is 10.6. The zero-order valence-corrected chi connectivity index (χ0v) is 11.6. The summed E-state index contributed by atoms with van der Waals surface area (Å²) in [4.78, 5) is 0. The van der Waals surface area contributed by atoms with Crippen molar-refractivity contribution < 1.29 is 9.84 Å². The molecule has 6 atom stereocenters. The zero-order chi connectivity index (χ0) is 12.4. The number of fused-ring (bicyclic) bond motifs is 5. The molecule has 0 spiro atoms. The third kappa shape index (κ3) is 1.53. The molecule has 2 heterocycles. The maximum atomic E-state index is 10.6. The minimum Gasteiger partial charge on any atom is -0.390 e. The van der Waals surface area contributed by atoms with Crippen LogP contribution >= 0.6 is 0 Å². The first kappa shape index (κ1) is 12.0. The summed E-state index contributed by atoms with van der Waals surface area (Å²) in [7, 11) is 0. The van der Waals surface area contributed by atoms with Gasteiger partial charge in [-0.3, -0.25) is 0 Å². The van der Waals surface area contributed by atoms with E-state index in [0.29, 0.717) is 29.8 Å². The Hall–Kier alpha value is -0.0800. The summed E-state index contributed by atoms with van der Waals surface area (Å²) < 4.78 is 6.40. The molecular formula is C15H26O2. The average molecular weight is 238 g/mol. The molecular weight excluding hydrogens is 212 g/mol. The summed E-state index contributed by atoms with van der Waals surface area (Å²) in [5.41, 5.74) is -0.439. The quantitative estimate of drug-likeness (QED) is 0.761. The van der Waals surface area contributed by atoms with E-state index >= 15 is 0 Å². The highest BCUT2D eigenvalue weighted by atomic mass is 16.5. The zero-order valence-electron chi connectivity index (χ0n) is 11.6. The highest BCUT2D eigenvalue weighted by Crippen LogP contribution is 2.61. The van der Waals surface area contributed by atoms with Gasteiger partial charge in [-0.1, -0.05) is 13.8 Å². The van der Waals surface area contributed by atoms with Crippen LogP contribution in [-0.4, -0.2) is 22.4 Å². The second-order valence-electron chi connectivity index (χ2n) is 7.37. The van der Waals surface area contributed by atoms with Gasteiger partial charge in [0.1, 0.15) is 0 Å². The summed E-state index contributed by atoms with van der Waals surface area (Å²) in [6.45, 7) is 8.91. The van der Waals surface area contributed by atoms with E-state index in [9.17, 15) is 5.11 Å². The van der Waals surface area contributed by atoms with Crippen LogP contribution in [0, 0.1) is 23.7 Å². The largest absolute Gasteiger partial charge is 0.390 e. The molecule has 1 aliphatic carbocycles. The minimum absolute atomic E-state index is 0.0568. The molecule has 0 radical (unpaired) electrons. The lowest BCUT2D eigenvalue weighted by molar-refractivity contribution is -0.134. The molecule has 2 heteroatoms. The van der Waals surface area contributed by atoms with Gasteiger partial charge in [0.05, 0.1) is 17.3 Å². The molecule has 3 fully saturated rings. The highest BCUT2D eigenvalue weighted by molar-refractivity contribution is 5.13. The number of rotatable bonds is 1. The predicted octanol–water partition coefficient (Wildman–Crippen LogP) is 2.99. The average Bonchev–Trinajstić information content (AvgIpc) is 2.64. The van der Waals surface area contributed by atoms with Gasteiger partial charge in [-0.05, 0) is 57.3 Å². The molecule has 2 aliphatic heterocycles. The van der Waals surface area contributed by atoms with Crippen molar-refractivity contribution in [3.05, 3.63) is 0 Å². The van der Waals surface area contributed by atoms with Crippen molar-refractivity contribution in [3.63, 3.8) is 0 Å². The summed E-state index contributed by atoms with van der Waals surface area (Å²) >= 11 is 0. The van der Waals surface area contributed by atoms with E-state index in [4.69, 9.17) is 4.74 Å². The molecule has 2 saturated heterocycles. The fraction of sp³-hybridized carbons (Fsp3) is 1.00. The Labute approximate surface area is 105 Å². The molecule has 0 aromatic carbocycles. The molecule has 2 nitrogen and oxygen atoms in total. The Kier molecular flexibility index (Phi) is 2.45. The topological polar surface area (TPSA) is 29.5 Å². The fourth-order valence-electron chi connectivity index (χ4n) is 4.90. The van der Waals surface area contributed by atoms with Crippen LogP contribution in [0.2, 0.25) is 0 Å². The smallest absolute Gasteiger partial charge is 0.0691 e. The van der Waals surface area contributed by atoms with E-state index in [0.717, 1.165) is 12.8 Å². The van der Waals surface area contributed by atoms with Crippen molar-refractivity contribution in [1.29, 1.82) is 0 Å². The Balaban J connectivity index is 1.96. The standard InChI is InChI=1S/C15H26O2/c1-9(2)10-5-8-15(4)11-6-7-14(3,16)12(11)13(10)17-15/h9-13,16H,5-8H2,1-4H3/t10-,11+,12+,13-,14-,15+/m1/s1. The summed E-state index contributed by atoms with van der Waals surface area (Å²) in [5.74, 6) is 2.27. The number of ether oxygens (including phenoxy) is 1. The van der Waals surface area contributed by atoms with Crippen LogP contribution in [0.5, 0.6) is 0 Å². The predicted molar refractivity (Wildman–Crippen MR) is 67.7 cm³/mol. The summed E-state index contributed by atoms with van der Waals surface area (Å²) in [6.07, 6.45) is 4.88. The number of aliphatic hydroxyl groups is 1. The van der Waals surface area contributed by atoms with Crippen molar-refractivity contribution in [2.24, 2.45) is 23.7 Å². The lowest BCUT2D eigenvalue weighted by Gasteiger charge is -2.40. The van der Waals surface area contributed by atoms with E-state index in [1.54, 1.807) is 0 Å². The second-order valence-corrected chi connectivity index (χ2v) is 7.37. The van der Waals surface area contributed by atoms with Crippen molar-refractivity contribution >= 4 is 0 Å². The maximum Gasteiger partial charge on any atom is 0.0691 e. The van der Waals surface area contributed by atoms with Gasteiger partial charge in [0, 0.05) is 5.92 Å². The van der Waals surface area contributed by atoms with Crippen LogP contribution in [0.3, 0.4) is 0 Å². The van der Waals surface area contributed by atoms with Crippen LogP contribution in [0.4, 0.5) is 0 Å². The Morgan fingerprint density at radius 3 is 2.53 bits per heavy atom. The molecule has 98 valence electrons. The van der Waals surface area contributed by atoms with Gasteiger partial charge in [0.25, 0.3) is 0 Å². The Morgan fingerprint density at radius 2 is 1.88 bits per heavy atom. The van der Waals surface area contributed by atoms with E-state index in [2.05, 4.69) is 20.8 Å². The third-order valence-corrected chi connectivity index (χ3v) is 5.91. The number of hydrogen-bond donors (Lipinski definition) is 1. The second kappa shape index (κ2) is 3.48. The monoisotopic (exact) mass is 238 g/mol. The van der Waals surface area contributed by atoms with Gasteiger partial charge in [0.15, 0.2) is 0 Å². The van der Waals surface area contributed by atoms with E-state index in [1.807, 2.05) is 6.92 Å². The van der Waals surface area contributed by atoms with E-state index in [1.165, 1.54) is 12.8 Å². The maximum absolute atomic E-state index is 10.6. The molecule has 0 aromatic heterocycles. The fourth-order valence-corrected chi connectivity index (χ4v) is 4.90. The summed E-state index contributed by atoms with van der Waals surface area (Å²) in [6, 6.07) is 0. The molecule has 0 unspecified atom stereocenters. The number of hydrogen-bond acceptors (Lipinski definition) is 2. The van der Waals surface area contributed by atoms with Crippen LogP contribution in [0.15, 0.2) is 0 Å². The molecule has 0 aromatic rings. The minimum atomic E-state index is -0.495. The van der Waals surface area contributed by atoms with Crippen LogP contribution in [0.1, 0.15) is 53.4 Å². The first-order valence-corrected chi connectivity index (χ1v) is 7.25. The van der Waals surface area contributed by atoms with Gasteiger partial charge >= 0.3 is 0 Å². The Morgan fingerprint density at radius 1 is 1.18 bits per heavy atom. The first-order valence-electron chi connectivity index (χ1n) is 7.25. The Bertz CT molecular complexity index is 323. The van der Waals surface area contributed by atoms with Gasteiger partial charge in [-0.25, -0.2) is 0 Å². The molecule has 2 bridgehead atoms. The van der Waals surface area contributed by atoms with E-state index < -0.39 is 5.60 Å². The van der Waals surface area contributed by atoms with Crippen LogP contribution in [0.25, 0.3) is 0 Å². The van der Waals surface area contributed by atoms with E-state index in [-0.39, 0.29) is 5.60 Å². The van der Waals surface area contributed by atoms with Crippen LogP contribution < -0.4 is 0 Å². The molecule has 1 N–H and O–H groups in total. The molecule has 17 heavy (non-hydrogen) atoms. The van der Waals surface area contributed by atoms with Gasteiger partial charge in [0.2, 0.25) is 0 Å². The lowest BCUT2D eigenvalue weighted by Crippen LogP contribution is -2.43. The van der Waals surface area contributed by atoms with Crippen molar-refractivity contribution in [2.75, 3.05) is 0 Å². The third-order valence-electron chi connectivity index (χ3n) is 5.91. The SMILES string of the molecule is CC(C)[C@H]1CC[C@]2(C)O[C@H]1[C@@H]1[C@@H]2CC[C@@]1(C)O. The van der Waals surface area contributed by atoms with Crippen molar-refractivity contribution in [2.45, 2.75) is 70.7 Å². The highest BCUT2D eigenvalue weighted by Gasteiger charge is 2.64. The van der Waals surface area contributed by atoms with Gasteiger partial charge in [-0.2, -0.15) is 0 Å². The van der Waals surface area contributed by atoms with Crippen molar-refractivity contribution in [3.8, 4) is 0 Å². The van der Waals surface area contributed by atoms with Crippen LogP contribution in [-0.2, 0) is 4.74 Å². The molecule has 3 aliphatic rings. The molecule has 1 saturated carbocycles. The molecule has 0 amide bonds. The van der Waals surface area contributed by atoms with Gasteiger partial charge < -0.3 is 9.84 Å². The first-order chi connectivity index (χ1) is 7.85. The lowest BCUT2D eigenvalue weighted by atomic mass is 9.76.